The number of halogens is 4. The molecule has 226 valence electrons. The molecule has 43 heavy (non-hydrogen) atoms. The van der Waals surface area contributed by atoms with Crippen molar-refractivity contribution in [3.8, 4) is 5.75 Å². The van der Waals surface area contributed by atoms with E-state index in [0.29, 0.717) is 11.1 Å². The van der Waals surface area contributed by atoms with E-state index in [4.69, 9.17) is 0 Å². The van der Waals surface area contributed by atoms with Crippen LogP contribution in [0.3, 0.4) is 0 Å². The third-order valence-corrected chi connectivity index (χ3v) is 6.05. The van der Waals surface area contributed by atoms with Crippen molar-refractivity contribution in [2.24, 2.45) is 0 Å². The van der Waals surface area contributed by atoms with Gasteiger partial charge < -0.3 is 25.0 Å². The van der Waals surface area contributed by atoms with Crippen molar-refractivity contribution in [3.05, 3.63) is 106 Å². The largest absolute Gasteiger partial charge is 0.573 e. The summed E-state index contributed by atoms with van der Waals surface area (Å²) in [5.41, 5.74) is 0.303. The van der Waals surface area contributed by atoms with Gasteiger partial charge in [0.1, 0.15) is 11.9 Å². The number of aryl methyl sites for hydroxylation is 1. The van der Waals surface area contributed by atoms with Crippen molar-refractivity contribution in [2.45, 2.75) is 44.7 Å². The Kier molecular flexibility index (Phi) is 9.87. The summed E-state index contributed by atoms with van der Waals surface area (Å²) in [6.45, 7) is -0.352. The van der Waals surface area contributed by atoms with Crippen molar-refractivity contribution in [1.29, 1.82) is 0 Å². The number of nitrogens with one attached hydrogen (secondary N) is 2. The zero-order chi connectivity index (χ0) is 31.0. The fraction of sp³-hybridized carbons (Fsp3) is 0.250. The number of pyridine rings is 1. The highest BCUT2D eigenvalue weighted by molar-refractivity contribution is 5.94. The van der Waals surface area contributed by atoms with Gasteiger partial charge in [0.15, 0.2) is 11.8 Å². The van der Waals surface area contributed by atoms with E-state index in [2.05, 4.69) is 25.7 Å². The summed E-state index contributed by atoms with van der Waals surface area (Å²) in [5, 5.41) is 22.6. The maximum absolute atomic E-state index is 14.7. The molecule has 0 bridgehead atoms. The molecule has 0 aliphatic rings. The molecule has 1 unspecified atom stereocenters. The molecule has 15 heteroatoms. The van der Waals surface area contributed by atoms with E-state index in [1.54, 1.807) is 30.3 Å². The zero-order valence-electron chi connectivity index (χ0n) is 22.4. The second-order valence-electron chi connectivity index (χ2n) is 9.34. The number of hydrogen-bond acceptors (Lipinski definition) is 7. The lowest BCUT2D eigenvalue weighted by molar-refractivity contribution is -0.274. The number of amides is 2. The maximum atomic E-state index is 14.7. The average Bonchev–Trinajstić information content (AvgIpc) is 3.43. The van der Waals surface area contributed by atoms with Crippen LogP contribution in [0.1, 0.15) is 34.1 Å². The Morgan fingerprint density at radius 3 is 2.53 bits per heavy atom. The van der Waals surface area contributed by atoms with Crippen molar-refractivity contribution in [2.75, 3.05) is 5.32 Å². The van der Waals surface area contributed by atoms with Gasteiger partial charge in [-0.05, 0) is 35.7 Å². The van der Waals surface area contributed by atoms with Crippen molar-refractivity contribution >= 4 is 17.5 Å². The van der Waals surface area contributed by atoms with Crippen LogP contribution in [0.5, 0.6) is 5.75 Å². The van der Waals surface area contributed by atoms with E-state index in [9.17, 15) is 37.1 Å². The first kappa shape index (κ1) is 30.9. The summed E-state index contributed by atoms with van der Waals surface area (Å²) < 4.78 is 58.1. The third-order valence-electron chi connectivity index (χ3n) is 6.05. The Morgan fingerprint density at radius 1 is 1.05 bits per heavy atom. The van der Waals surface area contributed by atoms with Crippen LogP contribution in [0.2, 0.25) is 0 Å². The second kappa shape index (κ2) is 13.7. The topological polar surface area (TPSA) is 140 Å². The standard InChI is InChI=1S/C28H26F4N6O5/c29-20(9-11-37-12-10-21(14-24(37)39)34-27(42)25(40)19-6-2-1-3-7-19)16-38-17-23(35-36-38)26(41)33-15-18-5-4-8-22(13-18)43-28(30,31)32/h1-8,10,12-14,17,20,25,40H,9,11,15-16H2,(H,33,41)(H,34,42)/t20?,25-/m0/s1. The molecule has 2 amide bonds. The molecule has 0 aliphatic carbocycles. The number of aliphatic hydroxyl groups excluding tert-OH is 1. The van der Waals surface area contributed by atoms with E-state index in [1.165, 1.54) is 35.2 Å². The molecule has 2 atom stereocenters. The predicted molar refractivity (Wildman–Crippen MR) is 145 cm³/mol. The van der Waals surface area contributed by atoms with E-state index in [0.717, 1.165) is 22.9 Å². The number of rotatable bonds is 12. The lowest BCUT2D eigenvalue weighted by Crippen LogP contribution is -2.25. The highest BCUT2D eigenvalue weighted by Gasteiger charge is 2.31. The third kappa shape index (κ3) is 9.22. The van der Waals surface area contributed by atoms with Gasteiger partial charge in [0.2, 0.25) is 0 Å². The van der Waals surface area contributed by atoms with E-state index in [1.807, 2.05) is 0 Å². The van der Waals surface area contributed by atoms with Crippen LogP contribution >= 0.6 is 0 Å². The summed E-state index contributed by atoms with van der Waals surface area (Å²) in [6, 6.07) is 16.0. The van der Waals surface area contributed by atoms with Gasteiger partial charge in [-0.2, -0.15) is 0 Å². The van der Waals surface area contributed by atoms with Crippen LogP contribution in [0.4, 0.5) is 23.2 Å². The lowest BCUT2D eigenvalue weighted by atomic mass is 10.1. The summed E-state index contributed by atoms with van der Waals surface area (Å²) in [4.78, 5) is 37.1. The first-order valence-electron chi connectivity index (χ1n) is 12.9. The molecule has 0 saturated carbocycles. The van der Waals surface area contributed by atoms with Gasteiger partial charge in [-0.25, -0.2) is 9.07 Å². The Hall–Kier alpha value is -5.05. The fourth-order valence-corrected chi connectivity index (χ4v) is 3.96. The van der Waals surface area contributed by atoms with Crippen LogP contribution in [-0.2, 0) is 24.4 Å². The van der Waals surface area contributed by atoms with Crippen LogP contribution in [0, 0.1) is 0 Å². The normalized spacial score (nSPS) is 12.8. The summed E-state index contributed by atoms with van der Waals surface area (Å²) in [7, 11) is 0. The van der Waals surface area contributed by atoms with Crippen LogP contribution in [-0.4, -0.2) is 49.0 Å². The molecule has 4 rings (SSSR count). The molecule has 0 spiro atoms. The van der Waals surface area contributed by atoms with Gasteiger partial charge in [0, 0.05) is 31.0 Å². The molecule has 0 aliphatic heterocycles. The molecule has 2 aromatic heterocycles. The Balaban J connectivity index is 1.24. The molecule has 2 heterocycles. The lowest BCUT2D eigenvalue weighted by Gasteiger charge is -2.13. The van der Waals surface area contributed by atoms with Crippen molar-refractivity contribution < 1.29 is 37.0 Å². The van der Waals surface area contributed by atoms with E-state index in [-0.39, 0.29) is 37.4 Å². The number of aromatic nitrogens is 4. The minimum Gasteiger partial charge on any atom is -0.406 e. The van der Waals surface area contributed by atoms with Gasteiger partial charge in [-0.15, -0.1) is 18.3 Å². The molecule has 0 radical (unpaired) electrons. The van der Waals surface area contributed by atoms with Gasteiger partial charge in [0.05, 0.1) is 12.7 Å². The Labute approximate surface area is 241 Å². The summed E-state index contributed by atoms with van der Waals surface area (Å²) in [5.74, 6) is -1.81. The second-order valence-corrected chi connectivity index (χ2v) is 9.34. The molecular formula is C28H26F4N6O5. The number of alkyl halides is 4. The number of anilines is 1. The molecule has 2 aromatic carbocycles. The van der Waals surface area contributed by atoms with Gasteiger partial charge in [-0.3, -0.25) is 14.4 Å². The average molecular weight is 603 g/mol. The number of hydrogen-bond donors (Lipinski definition) is 3. The predicted octanol–water partition coefficient (Wildman–Crippen LogP) is 3.37. The number of carbonyl (C=O) groups excluding carboxylic acids is 2. The van der Waals surface area contributed by atoms with E-state index < -0.39 is 41.8 Å². The number of aliphatic hydroxyl groups is 1. The summed E-state index contributed by atoms with van der Waals surface area (Å²) in [6.07, 6.45) is -5.18. The fourth-order valence-electron chi connectivity index (χ4n) is 3.96. The van der Waals surface area contributed by atoms with Crippen LogP contribution < -0.4 is 20.9 Å². The monoisotopic (exact) mass is 602 g/mol. The molecule has 4 aromatic rings. The summed E-state index contributed by atoms with van der Waals surface area (Å²) >= 11 is 0. The van der Waals surface area contributed by atoms with Gasteiger partial charge in [0.25, 0.3) is 17.4 Å². The Bertz CT molecular complexity index is 1610. The molecule has 0 saturated heterocycles. The number of ether oxygens (including phenoxy) is 1. The molecule has 0 fully saturated rings. The van der Waals surface area contributed by atoms with E-state index >= 15 is 0 Å². The molecular weight excluding hydrogens is 576 g/mol. The SMILES string of the molecule is O=C(NCc1cccc(OC(F)(F)F)c1)c1cn(CC(F)CCn2ccc(NC(=O)[C@@H](O)c3ccccc3)cc2=O)nn1. The van der Waals surface area contributed by atoms with Crippen molar-refractivity contribution in [3.63, 3.8) is 0 Å². The Morgan fingerprint density at radius 2 is 1.81 bits per heavy atom. The smallest absolute Gasteiger partial charge is 0.406 e. The minimum absolute atomic E-state index is 0.0139. The number of carbonyl (C=O) groups is 2. The van der Waals surface area contributed by atoms with Crippen molar-refractivity contribution in [1.82, 2.24) is 24.9 Å². The minimum atomic E-state index is -4.84. The van der Waals surface area contributed by atoms with Gasteiger partial charge >= 0.3 is 6.36 Å². The number of benzene rings is 2. The van der Waals surface area contributed by atoms with Crippen LogP contribution in [0.25, 0.3) is 0 Å². The van der Waals surface area contributed by atoms with Gasteiger partial charge in [-0.1, -0.05) is 47.7 Å². The highest BCUT2D eigenvalue weighted by Crippen LogP contribution is 2.23. The first-order chi connectivity index (χ1) is 20.5. The highest BCUT2D eigenvalue weighted by atomic mass is 19.4. The quantitative estimate of drug-likeness (QED) is 0.211. The number of nitrogens with zero attached hydrogens (tertiary/aromatic N) is 4. The maximum Gasteiger partial charge on any atom is 0.573 e. The zero-order valence-corrected chi connectivity index (χ0v) is 22.4. The first-order valence-corrected chi connectivity index (χ1v) is 12.9. The molecule has 11 nitrogen and oxygen atoms in total. The molecule has 3 N–H and O–H groups in total. The van der Waals surface area contributed by atoms with Crippen LogP contribution in [0.15, 0.2) is 83.9 Å².